The number of ether oxygens (including phenoxy) is 2. The molecule has 0 aliphatic carbocycles. The average molecular weight is 472 g/mol. The third-order valence-corrected chi connectivity index (χ3v) is 5.69. The van der Waals surface area contributed by atoms with Crippen LogP contribution in [0.15, 0.2) is 61.3 Å². The lowest BCUT2D eigenvalue weighted by molar-refractivity contribution is -0.111. The van der Waals surface area contributed by atoms with Gasteiger partial charge in [0.1, 0.15) is 5.75 Å². The first-order valence-corrected chi connectivity index (χ1v) is 11.2. The molecule has 0 radical (unpaired) electrons. The van der Waals surface area contributed by atoms with Crippen LogP contribution in [0.3, 0.4) is 0 Å². The SMILES string of the molecule is C=CC(=O)Nc1cccc(-c2nc(Nc3ccc(OC)c(N4CCOCC4)c3)nc3[nH]ncc23)c1. The Hall–Kier alpha value is -4.44. The van der Waals surface area contributed by atoms with Crippen molar-refractivity contribution in [3.63, 3.8) is 0 Å². The van der Waals surface area contributed by atoms with E-state index in [4.69, 9.17) is 14.5 Å². The van der Waals surface area contributed by atoms with Gasteiger partial charge < -0.3 is 25.0 Å². The number of nitrogens with one attached hydrogen (secondary N) is 3. The lowest BCUT2D eigenvalue weighted by Crippen LogP contribution is -2.36. The van der Waals surface area contributed by atoms with Crippen LogP contribution in [0.4, 0.5) is 23.0 Å². The first kappa shape index (κ1) is 22.4. The van der Waals surface area contributed by atoms with Crippen LogP contribution in [0.1, 0.15) is 0 Å². The Labute approximate surface area is 202 Å². The summed E-state index contributed by atoms with van der Waals surface area (Å²) in [4.78, 5) is 23.4. The highest BCUT2D eigenvalue weighted by atomic mass is 16.5. The quantitative estimate of drug-likeness (QED) is 0.349. The van der Waals surface area contributed by atoms with E-state index in [2.05, 4.69) is 37.3 Å². The summed E-state index contributed by atoms with van der Waals surface area (Å²) < 4.78 is 11.1. The van der Waals surface area contributed by atoms with Gasteiger partial charge in [-0.2, -0.15) is 10.1 Å². The van der Waals surface area contributed by atoms with E-state index in [-0.39, 0.29) is 5.91 Å². The molecule has 35 heavy (non-hydrogen) atoms. The van der Waals surface area contributed by atoms with Crippen molar-refractivity contribution in [1.82, 2.24) is 20.2 Å². The summed E-state index contributed by atoms with van der Waals surface area (Å²) in [5.41, 5.74) is 4.54. The molecular formula is C25H25N7O3. The van der Waals surface area contributed by atoms with E-state index in [1.807, 2.05) is 42.5 Å². The number of aromatic nitrogens is 4. The average Bonchev–Trinajstić information content (AvgIpc) is 3.37. The zero-order valence-electron chi connectivity index (χ0n) is 19.2. The molecule has 1 amide bonds. The van der Waals surface area contributed by atoms with Crippen LogP contribution in [-0.4, -0.2) is 59.5 Å². The number of nitrogens with zero attached hydrogens (tertiary/aromatic N) is 4. The Morgan fingerprint density at radius 3 is 2.83 bits per heavy atom. The van der Waals surface area contributed by atoms with Crippen molar-refractivity contribution in [1.29, 1.82) is 0 Å². The van der Waals surface area contributed by atoms with Gasteiger partial charge in [-0.1, -0.05) is 18.7 Å². The van der Waals surface area contributed by atoms with E-state index in [0.29, 0.717) is 36.2 Å². The molecule has 2 aromatic carbocycles. The van der Waals surface area contributed by atoms with Gasteiger partial charge in [-0.15, -0.1) is 0 Å². The number of hydrogen-bond donors (Lipinski definition) is 3. The van der Waals surface area contributed by atoms with Gasteiger partial charge in [-0.05, 0) is 36.4 Å². The standard InChI is InChI=1S/C25H25N7O3/c1-3-22(33)27-17-6-4-5-16(13-17)23-19-15-26-31-24(19)30-25(29-23)28-18-7-8-21(34-2)20(14-18)32-9-11-35-12-10-32/h3-8,13-15H,1,9-12H2,2H3,(H,27,33)(H2,26,28,29,30,31). The molecule has 2 aromatic heterocycles. The highest BCUT2D eigenvalue weighted by molar-refractivity contribution is 5.99. The van der Waals surface area contributed by atoms with Gasteiger partial charge in [-0.3, -0.25) is 9.89 Å². The summed E-state index contributed by atoms with van der Waals surface area (Å²) in [5, 5.41) is 13.9. The van der Waals surface area contributed by atoms with Crippen LogP contribution >= 0.6 is 0 Å². The number of carbonyl (C=O) groups excluding carboxylic acids is 1. The summed E-state index contributed by atoms with van der Waals surface area (Å²) in [7, 11) is 1.67. The summed E-state index contributed by atoms with van der Waals surface area (Å²) in [6, 6.07) is 13.3. The largest absolute Gasteiger partial charge is 0.495 e. The van der Waals surface area contributed by atoms with Gasteiger partial charge in [0.2, 0.25) is 11.9 Å². The first-order valence-electron chi connectivity index (χ1n) is 11.2. The summed E-state index contributed by atoms with van der Waals surface area (Å²) in [5.74, 6) is 0.924. The second-order valence-electron chi connectivity index (χ2n) is 7.91. The smallest absolute Gasteiger partial charge is 0.247 e. The second-order valence-corrected chi connectivity index (χ2v) is 7.91. The van der Waals surface area contributed by atoms with Crippen molar-refractivity contribution in [2.24, 2.45) is 0 Å². The highest BCUT2D eigenvalue weighted by Crippen LogP contribution is 2.34. The Kier molecular flexibility index (Phi) is 6.27. The number of benzene rings is 2. The molecule has 10 heteroatoms. The maximum Gasteiger partial charge on any atom is 0.247 e. The lowest BCUT2D eigenvalue weighted by atomic mass is 10.1. The van der Waals surface area contributed by atoms with Crippen molar-refractivity contribution >= 4 is 40.0 Å². The number of anilines is 4. The van der Waals surface area contributed by atoms with Gasteiger partial charge in [0.25, 0.3) is 0 Å². The van der Waals surface area contributed by atoms with Crippen molar-refractivity contribution in [3.05, 3.63) is 61.3 Å². The molecule has 0 bridgehead atoms. The number of fused-ring (bicyclic) bond motifs is 1. The molecule has 10 nitrogen and oxygen atoms in total. The minimum absolute atomic E-state index is 0.281. The number of carbonyl (C=O) groups is 1. The van der Waals surface area contributed by atoms with Crippen LogP contribution in [0.2, 0.25) is 0 Å². The monoisotopic (exact) mass is 471 g/mol. The molecular weight excluding hydrogens is 446 g/mol. The fourth-order valence-corrected chi connectivity index (χ4v) is 4.00. The molecule has 4 aromatic rings. The Bertz CT molecular complexity index is 1380. The number of hydrogen-bond acceptors (Lipinski definition) is 8. The first-order chi connectivity index (χ1) is 17.1. The number of amides is 1. The Morgan fingerprint density at radius 1 is 1.17 bits per heavy atom. The van der Waals surface area contributed by atoms with Crippen LogP contribution in [0.5, 0.6) is 5.75 Å². The third kappa shape index (κ3) is 4.78. The summed E-state index contributed by atoms with van der Waals surface area (Å²) >= 11 is 0. The molecule has 3 heterocycles. The van der Waals surface area contributed by atoms with Crippen LogP contribution in [-0.2, 0) is 9.53 Å². The maximum absolute atomic E-state index is 11.7. The van der Waals surface area contributed by atoms with E-state index >= 15 is 0 Å². The molecule has 0 spiro atoms. The second kappa shape index (κ2) is 9.82. The van der Waals surface area contributed by atoms with E-state index in [0.717, 1.165) is 41.2 Å². The third-order valence-electron chi connectivity index (χ3n) is 5.69. The molecule has 1 aliphatic rings. The molecule has 1 aliphatic heterocycles. The van der Waals surface area contributed by atoms with Crippen LogP contribution in [0.25, 0.3) is 22.3 Å². The molecule has 0 saturated carbocycles. The highest BCUT2D eigenvalue weighted by Gasteiger charge is 2.17. The Morgan fingerprint density at radius 2 is 2.03 bits per heavy atom. The Balaban J connectivity index is 1.50. The van der Waals surface area contributed by atoms with Crippen LogP contribution < -0.4 is 20.3 Å². The molecule has 0 unspecified atom stereocenters. The zero-order valence-corrected chi connectivity index (χ0v) is 19.2. The van der Waals surface area contributed by atoms with Gasteiger partial charge in [0, 0.05) is 30.0 Å². The van der Waals surface area contributed by atoms with E-state index in [1.165, 1.54) is 6.08 Å². The molecule has 178 valence electrons. The molecule has 3 N–H and O–H groups in total. The van der Waals surface area contributed by atoms with Gasteiger partial charge in [0.15, 0.2) is 5.65 Å². The number of methoxy groups -OCH3 is 1. The minimum atomic E-state index is -0.281. The van der Waals surface area contributed by atoms with Crippen molar-refractivity contribution in [3.8, 4) is 17.0 Å². The maximum atomic E-state index is 11.7. The molecule has 0 atom stereocenters. The zero-order chi connectivity index (χ0) is 24.2. The van der Waals surface area contributed by atoms with Gasteiger partial charge >= 0.3 is 0 Å². The summed E-state index contributed by atoms with van der Waals surface area (Å²) in [6.07, 6.45) is 2.92. The summed E-state index contributed by atoms with van der Waals surface area (Å²) in [6.45, 7) is 6.43. The molecule has 5 rings (SSSR count). The van der Waals surface area contributed by atoms with Crippen LogP contribution in [0, 0.1) is 0 Å². The lowest BCUT2D eigenvalue weighted by Gasteiger charge is -2.30. The number of H-pyrrole nitrogens is 1. The van der Waals surface area contributed by atoms with Crippen molar-refractivity contribution < 1.29 is 14.3 Å². The number of rotatable bonds is 7. The fourth-order valence-electron chi connectivity index (χ4n) is 4.00. The molecule has 1 saturated heterocycles. The predicted octanol–water partition coefficient (Wildman–Crippen LogP) is 3.73. The normalized spacial score (nSPS) is 13.5. The van der Waals surface area contributed by atoms with Gasteiger partial charge in [-0.25, -0.2) is 4.98 Å². The minimum Gasteiger partial charge on any atom is -0.495 e. The number of aromatic amines is 1. The fraction of sp³-hybridized carbons (Fsp3) is 0.200. The topological polar surface area (TPSA) is 117 Å². The van der Waals surface area contributed by atoms with E-state index < -0.39 is 0 Å². The van der Waals surface area contributed by atoms with E-state index in [1.54, 1.807) is 13.3 Å². The van der Waals surface area contributed by atoms with Crippen molar-refractivity contribution in [2.45, 2.75) is 0 Å². The van der Waals surface area contributed by atoms with Crippen molar-refractivity contribution in [2.75, 3.05) is 48.9 Å². The molecule has 1 fully saturated rings. The van der Waals surface area contributed by atoms with Gasteiger partial charge in [0.05, 0.1) is 43.3 Å². The predicted molar refractivity (Wildman–Crippen MR) is 135 cm³/mol. The number of morpholine rings is 1. The van der Waals surface area contributed by atoms with E-state index in [9.17, 15) is 4.79 Å².